The number of hydrogen-bond acceptors (Lipinski definition) is 3. The van der Waals surface area contributed by atoms with Gasteiger partial charge in [-0.25, -0.2) is 4.79 Å². The molecule has 0 bridgehead atoms. The topological polar surface area (TPSA) is 50.2 Å². The van der Waals surface area contributed by atoms with Crippen LogP contribution >= 0.6 is 11.8 Å². The van der Waals surface area contributed by atoms with E-state index >= 15 is 0 Å². The number of pyridine rings is 1. The van der Waals surface area contributed by atoms with Crippen LogP contribution in [0.1, 0.15) is 35.7 Å². The van der Waals surface area contributed by atoms with E-state index in [1.54, 1.807) is 12.3 Å². The number of aromatic carboxylic acids is 1. The molecule has 0 radical (unpaired) electrons. The molecule has 1 N–H and O–H groups in total. The first kappa shape index (κ1) is 13.6. The molecule has 0 amide bonds. The van der Waals surface area contributed by atoms with Crippen molar-refractivity contribution in [2.75, 3.05) is 0 Å². The van der Waals surface area contributed by atoms with Crippen LogP contribution in [0.4, 0.5) is 0 Å². The van der Waals surface area contributed by atoms with Gasteiger partial charge in [0.05, 0.1) is 5.56 Å². The van der Waals surface area contributed by atoms with Gasteiger partial charge in [0, 0.05) is 22.2 Å². The summed E-state index contributed by atoms with van der Waals surface area (Å²) >= 11 is 1.44. The van der Waals surface area contributed by atoms with Crippen molar-refractivity contribution in [3.8, 4) is 0 Å². The van der Waals surface area contributed by atoms with Gasteiger partial charge in [-0.2, -0.15) is 0 Å². The number of aromatic nitrogens is 1. The van der Waals surface area contributed by atoms with E-state index in [2.05, 4.69) is 31.0 Å². The molecular weight excluding hydrogens is 258 g/mol. The van der Waals surface area contributed by atoms with Crippen molar-refractivity contribution in [2.24, 2.45) is 0 Å². The predicted molar refractivity (Wildman–Crippen MR) is 75.9 cm³/mol. The molecule has 4 heteroatoms. The lowest BCUT2D eigenvalue weighted by atomic mass is 10.0. The first-order chi connectivity index (χ1) is 9.08. The third-order valence-electron chi connectivity index (χ3n) is 2.79. The minimum absolute atomic E-state index is 0.237. The molecule has 1 aromatic carbocycles. The number of carboxylic acids is 1. The Morgan fingerprint density at radius 2 is 1.89 bits per heavy atom. The Bertz CT molecular complexity index is 579. The molecule has 19 heavy (non-hydrogen) atoms. The normalized spacial score (nSPS) is 10.7. The molecule has 0 saturated carbocycles. The van der Waals surface area contributed by atoms with E-state index in [0.29, 0.717) is 10.8 Å². The third kappa shape index (κ3) is 3.35. The fraction of sp³-hybridized carbons (Fsp3) is 0.200. The van der Waals surface area contributed by atoms with Crippen LogP contribution in [0.15, 0.2) is 52.5 Å². The monoisotopic (exact) mass is 273 g/mol. The number of rotatable bonds is 4. The highest BCUT2D eigenvalue weighted by molar-refractivity contribution is 7.99. The van der Waals surface area contributed by atoms with Crippen LogP contribution in [0.5, 0.6) is 0 Å². The van der Waals surface area contributed by atoms with Crippen LogP contribution in [0.2, 0.25) is 0 Å². The fourth-order valence-electron chi connectivity index (χ4n) is 1.68. The van der Waals surface area contributed by atoms with Gasteiger partial charge >= 0.3 is 5.97 Å². The van der Waals surface area contributed by atoms with E-state index in [4.69, 9.17) is 5.11 Å². The summed E-state index contributed by atoms with van der Waals surface area (Å²) in [5.41, 5.74) is 1.51. The molecular formula is C15H15NO2S. The van der Waals surface area contributed by atoms with Crippen molar-refractivity contribution in [3.63, 3.8) is 0 Å². The minimum atomic E-state index is -0.950. The van der Waals surface area contributed by atoms with Gasteiger partial charge < -0.3 is 5.11 Å². The van der Waals surface area contributed by atoms with Gasteiger partial charge in [-0.1, -0.05) is 37.7 Å². The molecule has 0 saturated heterocycles. The Labute approximate surface area is 116 Å². The molecule has 1 aromatic heterocycles. The zero-order chi connectivity index (χ0) is 13.8. The first-order valence-electron chi connectivity index (χ1n) is 6.03. The Kier molecular flexibility index (Phi) is 4.22. The number of nitrogens with zero attached hydrogens (tertiary/aromatic N) is 1. The molecule has 2 rings (SSSR count). The predicted octanol–water partition coefficient (Wildman–Crippen LogP) is 4.05. The Balaban J connectivity index is 2.24. The van der Waals surface area contributed by atoms with Crippen molar-refractivity contribution >= 4 is 17.7 Å². The summed E-state index contributed by atoms with van der Waals surface area (Å²) in [5.74, 6) is -0.455. The molecule has 0 aliphatic carbocycles. The van der Waals surface area contributed by atoms with Crippen LogP contribution in [0, 0.1) is 0 Å². The lowest BCUT2D eigenvalue weighted by Crippen LogP contribution is -1.99. The molecule has 0 fully saturated rings. The lowest BCUT2D eigenvalue weighted by Gasteiger charge is -2.08. The van der Waals surface area contributed by atoms with Gasteiger partial charge in [-0.15, -0.1) is 0 Å². The maximum absolute atomic E-state index is 11.1. The van der Waals surface area contributed by atoms with Crippen LogP contribution in [-0.2, 0) is 0 Å². The average molecular weight is 273 g/mol. The molecule has 0 spiro atoms. The van der Waals surface area contributed by atoms with Gasteiger partial charge in [0.15, 0.2) is 0 Å². The average Bonchev–Trinajstić information content (AvgIpc) is 2.39. The van der Waals surface area contributed by atoms with E-state index in [9.17, 15) is 4.79 Å². The number of benzene rings is 1. The van der Waals surface area contributed by atoms with E-state index in [1.165, 1.54) is 23.5 Å². The van der Waals surface area contributed by atoms with Crippen molar-refractivity contribution in [2.45, 2.75) is 29.6 Å². The van der Waals surface area contributed by atoms with Crippen LogP contribution in [-0.4, -0.2) is 16.1 Å². The smallest absolute Gasteiger partial charge is 0.338 e. The second-order valence-electron chi connectivity index (χ2n) is 4.50. The van der Waals surface area contributed by atoms with Gasteiger partial charge in [0.2, 0.25) is 0 Å². The van der Waals surface area contributed by atoms with Gasteiger partial charge in [-0.3, -0.25) is 4.98 Å². The highest BCUT2D eigenvalue weighted by Crippen LogP contribution is 2.30. The van der Waals surface area contributed by atoms with E-state index < -0.39 is 5.97 Å². The molecule has 0 aliphatic heterocycles. The van der Waals surface area contributed by atoms with Crippen molar-refractivity contribution in [1.29, 1.82) is 0 Å². The molecule has 3 nitrogen and oxygen atoms in total. The maximum Gasteiger partial charge on any atom is 0.338 e. The maximum atomic E-state index is 11.1. The Morgan fingerprint density at radius 3 is 2.47 bits per heavy atom. The second kappa shape index (κ2) is 5.89. The largest absolute Gasteiger partial charge is 0.478 e. The first-order valence-corrected chi connectivity index (χ1v) is 6.84. The van der Waals surface area contributed by atoms with Gasteiger partial charge in [-0.05, 0) is 29.7 Å². The van der Waals surface area contributed by atoms with E-state index in [1.807, 2.05) is 12.1 Å². The SMILES string of the molecule is CC(C)c1ccc(Sc2ccncc2C(=O)O)cc1. The zero-order valence-electron chi connectivity index (χ0n) is 10.8. The summed E-state index contributed by atoms with van der Waals surface area (Å²) in [6, 6.07) is 9.92. The summed E-state index contributed by atoms with van der Waals surface area (Å²) < 4.78 is 0. The fourth-order valence-corrected chi connectivity index (χ4v) is 2.58. The number of hydrogen-bond donors (Lipinski definition) is 1. The van der Waals surface area contributed by atoms with Crippen molar-refractivity contribution in [3.05, 3.63) is 53.9 Å². The molecule has 0 aliphatic rings. The van der Waals surface area contributed by atoms with E-state index in [-0.39, 0.29) is 5.56 Å². The van der Waals surface area contributed by atoms with Crippen LogP contribution < -0.4 is 0 Å². The number of carboxylic acid groups (broad SMARTS) is 1. The molecule has 0 atom stereocenters. The minimum Gasteiger partial charge on any atom is -0.478 e. The lowest BCUT2D eigenvalue weighted by molar-refractivity contribution is 0.0692. The van der Waals surface area contributed by atoms with E-state index in [0.717, 1.165) is 4.90 Å². The molecule has 1 heterocycles. The standard InChI is InChI=1S/C15H15NO2S/c1-10(2)11-3-5-12(6-4-11)19-14-7-8-16-9-13(14)15(17)18/h3-10H,1-2H3,(H,17,18). The quantitative estimate of drug-likeness (QED) is 0.912. The molecule has 2 aromatic rings. The van der Waals surface area contributed by atoms with Crippen molar-refractivity contribution in [1.82, 2.24) is 4.98 Å². The molecule has 98 valence electrons. The zero-order valence-corrected chi connectivity index (χ0v) is 11.6. The third-order valence-corrected chi connectivity index (χ3v) is 3.87. The highest BCUT2D eigenvalue weighted by Gasteiger charge is 2.11. The van der Waals surface area contributed by atoms with Crippen LogP contribution in [0.25, 0.3) is 0 Å². The summed E-state index contributed by atoms with van der Waals surface area (Å²) in [6.07, 6.45) is 2.99. The summed E-state index contributed by atoms with van der Waals surface area (Å²) in [7, 11) is 0. The molecule has 0 unspecified atom stereocenters. The van der Waals surface area contributed by atoms with Crippen LogP contribution in [0.3, 0.4) is 0 Å². The van der Waals surface area contributed by atoms with Crippen molar-refractivity contribution < 1.29 is 9.90 Å². The summed E-state index contributed by atoms with van der Waals surface area (Å²) in [4.78, 5) is 16.7. The second-order valence-corrected chi connectivity index (χ2v) is 5.62. The summed E-state index contributed by atoms with van der Waals surface area (Å²) in [6.45, 7) is 4.29. The summed E-state index contributed by atoms with van der Waals surface area (Å²) in [5, 5.41) is 9.11. The highest BCUT2D eigenvalue weighted by atomic mass is 32.2. The van der Waals surface area contributed by atoms with Gasteiger partial charge in [0.1, 0.15) is 0 Å². The Hall–Kier alpha value is -1.81. The number of carbonyl (C=O) groups is 1. The Morgan fingerprint density at radius 1 is 1.21 bits per heavy atom. The van der Waals surface area contributed by atoms with Gasteiger partial charge in [0.25, 0.3) is 0 Å².